The molecule has 0 aromatic carbocycles. The van der Waals surface area contributed by atoms with Crippen LogP contribution in [0.15, 0.2) is 42.9 Å². The van der Waals surface area contributed by atoms with E-state index in [0.29, 0.717) is 17.5 Å². The average Bonchev–Trinajstić information content (AvgIpc) is 3.03. The van der Waals surface area contributed by atoms with Gasteiger partial charge < -0.3 is 10.6 Å². The quantitative estimate of drug-likeness (QED) is 0.659. The van der Waals surface area contributed by atoms with Crippen LogP contribution in [0.2, 0.25) is 0 Å². The Kier molecular flexibility index (Phi) is 5.02. The van der Waals surface area contributed by atoms with E-state index in [2.05, 4.69) is 25.7 Å². The van der Waals surface area contributed by atoms with E-state index in [1.165, 1.54) is 30.1 Å². The lowest BCUT2D eigenvalue weighted by Crippen LogP contribution is -2.21. The van der Waals surface area contributed by atoms with Crippen molar-refractivity contribution in [3.63, 3.8) is 0 Å². The van der Waals surface area contributed by atoms with Gasteiger partial charge in [0.2, 0.25) is 0 Å². The number of rotatable bonds is 5. The molecular weight excluding hydrogens is 348 g/mol. The summed E-state index contributed by atoms with van der Waals surface area (Å²) >= 11 is 0. The van der Waals surface area contributed by atoms with Crippen molar-refractivity contribution in [2.75, 3.05) is 12.4 Å². The number of hydrogen-bond acceptors (Lipinski definition) is 6. The number of carbonyl (C=O) groups is 3. The van der Waals surface area contributed by atoms with Gasteiger partial charge >= 0.3 is 0 Å². The zero-order valence-corrected chi connectivity index (χ0v) is 14.6. The first-order valence-corrected chi connectivity index (χ1v) is 7.97. The van der Waals surface area contributed by atoms with Gasteiger partial charge in [-0.2, -0.15) is 5.10 Å². The molecular formula is C18H16N6O3. The van der Waals surface area contributed by atoms with Crippen LogP contribution in [0.3, 0.4) is 0 Å². The monoisotopic (exact) mass is 364 g/mol. The second kappa shape index (κ2) is 7.56. The highest BCUT2D eigenvalue weighted by Gasteiger charge is 2.20. The summed E-state index contributed by atoms with van der Waals surface area (Å²) in [6.45, 7) is 0. The summed E-state index contributed by atoms with van der Waals surface area (Å²) in [5.74, 6) is -0.645. The van der Waals surface area contributed by atoms with E-state index in [9.17, 15) is 14.4 Å². The van der Waals surface area contributed by atoms with Gasteiger partial charge in [-0.1, -0.05) is 0 Å². The Morgan fingerprint density at radius 1 is 1.11 bits per heavy atom. The number of aromatic nitrogens is 4. The molecule has 3 rings (SSSR count). The predicted molar refractivity (Wildman–Crippen MR) is 97.4 cm³/mol. The van der Waals surface area contributed by atoms with Gasteiger partial charge in [0, 0.05) is 43.8 Å². The molecule has 0 aliphatic carbocycles. The summed E-state index contributed by atoms with van der Waals surface area (Å²) in [4.78, 5) is 43.8. The number of amides is 2. The number of hydrogen-bond donors (Lipinski definition) is 2. The minimum absolute atomic E-state index is 0.114. The van der Waals surface area contributed by atoms with Crippen LogP contribution in [-0.2, 0) is 7.05 Å². The predicted octanol–water partition coefficient (Wildman–Crippen LogP) is 1.30. The van der Waals surface area contributed by atoms with E-state index in [-0.39, 0.29) is 22.6 Å². The molecule has 0 atom stereocenters. The first kappa shape index (κ1) is 17.9. The van der Waals surface area contributed by atoms with Crippen molar-refractivity contribution in [2.45, 2.75) is 0 Å². The van der Waals surface area contributed by atoms with Gasteiger partial charge in [0.05, 0.1) is 5.56 Å². The molecule has 0 saturated heterocycles. The van der Waals surface area contributed by atoms with Crippen molar-refractivity contribution >= 4 is 23.9 Å². The molecule has 0 spiro atoms. The Balaban J connectivity index is 1.94. The Bertz CT molecular complexity index is 1010. The van der Waals surface area contributed by atoms with Crippen molar-refractivity contribution in [1.29, 1.82) is 0 Å². The van der Waals surface area contributed by atoms with Crippen LogP contribution in [-0.4, -0.2) is 44.9 Å². The number of pyridine rings is 2. The lowest BCUT2D eigenvalue weighted by atomic mass is 10.1. The highest BCUT2D eigenvalue weighted by Crippen LogP contribution is 2.27. The topological polar surface area (TPSA) is 119 Å². The summed E-state index contributed by atoms with van der Waals surface area (Å²) in [5.41, 5.74) is 1.73. The van der Waals surface area contributed by atoms with Crippen LogP contribution >= 0.6 is 0 Å². The van der Waals surface area contributed by atoms with E-state index >= 15 is 0 Å². The lowest BCUT2D eigenvalue weighted by molar-refractivity contribution is 0.0958. The maximum absolute atomic E-state index is 12.6. The van der Waals surface area contributed by atoms with E-state index in [1.54, 1.807) is 31.6 Å². The number of aldehydes is 1. The second-order valence-electron chi connectivity index (χ2n) is 5.55. The number of aryl methyl sites for hydroxylation is 1. The van der Waals surface area contributed by atoms with Crippen molar-refractivity contribution in [1.82, 2.24) is 25.1 Å². The molecule has 9 nitrogen and oxygen atoms in total. The lowest BCUT2D eigenvalue weighted by Gasteiger charge is -2.07. The van der Waals surface area contributed by atoms with Gasteiger partial charge in [0.25, 0.3) is 11.8 Å². The fraction of sp³-hybridized carbons (Fsp3) is 0.111. The van der Waals surface area contributed by atoms with Gasteiger partial charge in [0.1, 0.15) is 17.2 Å². The molecule has 0 bridgehead atoms. The number of carbonyl (C=O) groups excluding carboxylic acids is 3. The molecule has 136 valence electrons. The second-order valence-corrected chi connectivity index (χ2v) is 5.55. The standard InChI is InChI=1S/C18H16N6O3/c1-19-18(27)14-9-12(5-8-21-14)17(26)22-16-13(10-25)15(23-24(16)2)11-3-6-20-7-4-11/h3-10H,1-2H3,(H,19,27)(H,22,26). The molecule has 3 heterocycles. The summed E-state index contributed by atoms with van der Waals surface area (Å²) in [7, 11) is 3.10. The zero-order valence-electron chi connectivity index (χ0n) is 14.6. The summed E-state index contributed by atoms with van der Waals surface area (Å²) in [5, 5.41) is 9.45. The summed E-state index contributed by atoms with van der Waals surface area (Å²) < 4.78 is 1.41. The van der Waals surface area contributed by atoms with E-state index in [0.717, 1.165) is 0 Å². The smallest absolute Gasteiger partial charge is 0.269 e. The summed E-state index contributed by atoms with van der Waals surface area (Å²) in [6.07, 6.45) is 5.19. The van der Waals surface area contributed by atoms with Crippen molar-refractivity contribution in [3.8, 4) is 11.3 Å². The molecule has 0 unspecified atom stereocenters. The molecule has 0 aliphatic heterocycles. The molecule has 3 aromatic heterocycles. The third kappa shape index (κ3) is 3.56. The largest absolute Gasteiger partial charge is 0.354 e. The Morgan fingerprint density at radius 2 is 1.85 bits per heavy atom. The van der Waals surface area contributed by atoms with Crippen LogP contribution < -0.4 is 10.6 Å². The molecule has 0 aliphatic rings. The number of nitrogens with zero attached hydrogens (tertiary/aromatic N) is 4. The van der Waals surface area contributed by atoms with Crippen LogP contribution in [0.1, 0.15) is 31.2 Å². The van der Waals surface area contributed by atoms with Gasteiger partial charge in [-0.3, -0.25) is 29.0 Å². The highest BCUT2D eigenvalue weighted by molar-refractivity contribution is 6.08. The summed E-state index contributed by atoms with van der Waals surface area (Å²) in [6, 6.07) is 6.29. The third-order valence-electron chi connectivity index (χ3n) is 3.87. The minimum atomic E-state index is -0.491. The SMILES string of the molecule is CNC(=O)c1cc(C(=O)Nc2c(C=O)c(-c3ccncc3)nn2C)ccn1. The van der Waals surface area contributed by atoms with Crippen molar-refractivity contribution < 1.29 is 14.4 Å². The Morgan fingerprint density at radius 3 is 2.52 bits per heavy atom. The first-order chi connectivity index (χ1) is 13.0. The fourth-order valence-electron chi connectivity index (χ4n) is 2.53. The molecule has 27 heavy (non-hydrogen) atoms. The van der Waals surface area contributed by atoms with Crippen LogP contribution in [0.25, 0.3) is 11.3 Å². The minimum Gasteiger partial charge on any atom is -0.354 e. The van der Waals surface area contributed by atoms with Crippen LogP contribution in [0.4, 0.5) is 5.82 Å². The van der Waals surface area contributed by atoms with Crippen LogP contribution in [0, 0.1) is 0 Å². The van der Waals surface area contributed by atoms with Gasteiger partial charge in [-0.15, -0.1) is 0 Å². The maximum atomic E-state index is 12.6. The fourth-order valence-corrected chi connectivity index (χ4v) is 2.53. The molecule has 9 heteroatoms. The van der Waals surface area contributed by atoms with E-state index in [4.69, 9.17) is 0 Å². The van der Waals surface area contributed by atoms with Gasteiger partial charge in [-0.05, 0) is 24.3 Å². The van der Waals surface area contributed by atoms with Crippen molar-refractivity contribution in [3.05, 3.63) is 59.7 Å². The molecule has 0 saturated carbocycles. The van der Waals surface area contributed by atoms with E-state index in [1.807, 2.05) is 0 Å². The van der Waals surface area contributed by atoms with Gasteiger partial charge in [-0.25, -0.2) is 0 Å². The molecule has 2 N–H and O–H groups in total. The number of anilines is 1. The molecule has 2 amide bonds. The highest BCUT2D eigenvalue weighted by atomic mass is 16.2. The Hall–Kier alpha value is -3.88. The first-order valence-electron chi connectivity index (χ1n) is 7.97. The van der Waals surface area contributed by atoms with Gasteiger partial charge in [0.15, 0.2) is 6.29 Å². The maximum Gasteiger partial charge on any atom is 0.269 e. The molecule has 0 radical (unpaired) electrons. The molecule has 0 fully saturated rings. The number of nitrogens with one attached hydrogen (secondary N) is 2. The average molecular weight is 364 g/mol. The third-order valence-corrected chi connectivity index (χ3v) is 3.87. The van der Waals surface area contributed by atoms with Crippen LogP contribution in [0.5, 0.6) is 0 Å². The van der Waals surface area contributed by atoms with Crippen molar-refractivity contribution in [2.24, 2.45) is 7.05 Å². The molecule has 3 aromatic rings. The Labute approximate surface area is 154 Å². The zero-order chi connectivity index (χ0) is 19.4. The van der Waals surface area contributed by atoms with E-state index < -0.39 is 11.8 Å². The normalized spacial score (nSPS) is 10.3.